The fraction of sp³-hybridized carbons (Fsp3) is 0.357. The van der Waals surface area contributed by atoms with Crippen LogP contribution in [0.5, 0.6) is 0 Å². The molecule has 1 saturated heterocycles. The van der Waals surface area contributed by atoms with Gasteiger partial charge in [0, 0.05) is 6.21 Å². The maximum absolute atomic E-state index is 10.7. The number of carbonyl (C=O) groups is 1. The standard InChI is InChI=1S/C14H15N5O6/c20-2-7(3-21)1-15-12-9-13(17-5-16-12)19(6-18-9)14-11(24)10(23)8(4-22)25-14/h1-3,5-6,8,10-11,14,20,22-24H,4H2/b7-2+,15-1+/t8-,10-,11-,14-/m1/s1. The number of allylic oxidation sites excluding steroid dienone is 1. The highest BCUT2D eigenvalue weighted by Gasteiger charge is 2.44. The van der Waals surface area contributed by atoms with Crippen molar-refractivity contribution in [2.45, 2.75) is 24.5 Å². The number of hydrogen-bond donors (Lipinski definition) is 4. The van der Waals surface area contributed by atoms with E-state index < -0.39 is 31.1 Å². The third-order valence-electron chi connectivity index (χ3n) is 3.75. The molecular formula is C14H15N5O6. The molecule has 25 heavy (non-hydrogen) atoms. The van der Waals surface area contributed by atoms with Crippen molar-refractivity contribution in [1.82, 2.24) is 19.5 Å². The van der Waals surface area contributed by atoms with Crippen LogP contribution in [0.2, 0.25) is 0 Å². The number of ether oxygens (including phenoxy) is 1. The van der Waals surface area contributed by atoms with Crippen molar-refractivity contribution in [2.24, 2.45) is 4.99 Å². The predicted molar refractivity (Wildman–Crippen MR) is 83.3 cm³/mol. The first kappa shape index (κ1) is 17.1. The molecule has 4 atom stereocenters. The quantitative estimate of drug-likeness (QED) is 0.224. The average Bonchev–Trinajstić information content (AvgIpc) is 3.18. The minimum atomic E-state index is -1.28. The van der Waals surface area contributed by atoms with Crippen LogP contribution in [0.3, 0.4) is 0 Å². The summed E-state index contributed by atoms with van der Waals surface area (Å²) in [6.07, 6.45) is 0.214. The Hall–Kier alpha value is -2.73. The van der Waals surface area contributed by atoms with Gasteiger partial charge in [-0.25, -0.2) is 19.9 Å². The molecule has 0 aromatic carbocycles. The van der Waals surface area contributed by atoms with Crippen LogP contribution < -0.4 is 0 Å². The zero-order valence-electron chi connectivity index (χ0n) is 12.7. The minimum Gasteiger partial charge on any atom is -0.515 e. The molecule has 0 unspecified atom stereocenters. The highest BCUT2D eigenvalue weighted by molar-refractivity contribution is 6.02. The zero-order chi connectivity index (χ0) is 18.0. The van der Waals surface area contributed by atoms with Gasteiger partial charge in [0.1, 0.15) is 24.6 Å². The van der Waals surface area contributed by atoms with Gasteiger partial charge in [0.2, 0.25) is 0 Å². The SMILES string of the molecule is O=CC(/C=N/c1ncnc2c1ncn2[C@@H]1O[C@H](CO)[C@@H](O)[C@H]1O)=C/O. The number of fused-ring (bicyclic) bond motifs is 1. The van der Waals surface area contributed by atoms with Gasteiger partial charge in [0.25, 0.3) is 0 Å². The van der Waals surface area contributed by atoms with Crippen molar-refractivity contribution in [1.29, 1.82) is 0 Å². The predicted octanol–water partition coefficient (Wildman–Crippen LogP) is -1.22. The second kappa shape index (κ2) is 7.03. The Labute approximate surface area is 140 Å². The molecule has 0 aliphatic carbocycles. The first-order valence-electron chi connectivity index (χ1n) is 7.24. The van der Waals surface area contributed by atoms with Crippen LogP contribution in [0.4, 0.5) is 5.82 Å². The van der Waals surface area contributed by atoms with E-state index in [1.807, 2.05) is 0 Å². The molecule has 1 aliphatic rings. The lowest BCUT2D eigenvalue weighted by Crippen LogP contribution is -2.33. The zero-order valence-corrected chi connectivity index (χ0v) is 12.7. The summed E-state index contributed by atoms with van der Waals surface area (Å²) in [5, 5.41) is 38.0. The number of aldehydes is 1. The lowest BCUT2D eigenvalue weighted by molar-refractivity contribution is -0.104. The van der Waals surface area contributed by atoms with Crippen molar-refractivity contribution in [3.63, 3.8) is 0 Å². The second-order valence-corrected chi connectivity index (χ2v) is 5.26. The van der Waals surface area contributed by atoms with E-state index in [0.29, 0.717) is 12.5 Å². The molecule has 2 aromatic rings. The van der Waals surface area contributed by atoms with Crippen LogP contribution >= 0.6 is 0 Å². The second-order valence-electron chi connectivity index (χ2n) is 5.26. The smallest absolute Gasteiger partial charge is 0.183 e. The molecular weight excluding hydrogens is 334 g/mol. The summed E-state index contributed by atoms with van der Waals surface area (Å²) >= 11 is 0. The molecule has 0 amide bonds. The molecule has 0 radical (unpaired) electrons. The van der Waals surface area contributed by atoms with Gasteiger partial charge < -0.3 is 25.2 Å². The summed E-state index contributed by atoms with van der Waals surface area (Å²) in [5.74, 6) is 0.136. The topological polar surface area (TPSA) is 163 Å². The molecule has 132 valence electrons. The van der Waals surface area contributed by atoms with Gasteiger partial charge >= 0.3 is 0 Å². The highest BCUT2D eigenvalue weighted by atomic mass is 16.6. The van der Waals surface area contributed by atoms with Crippen molar-refractivity contribution in [2.75, 3.05) is 6.61 Å². The average molecular weight is 349 g/mol. The summed E-state index contributed by atoms with van der Waals surface area (Å²) in [5.41, 5.74) is 0.479. The lowest BCUT2D eigenvalue weighted by Gasteiger charge is -2.16. The Morgan fingerprint density at radius 2 is 2.12 bits per heavy atom. The molecule has 0 spiro atoms. The fourth-order valence-corrected chi connectivity index (χ4v) is 2.46. The number of imidazole rings is 1. The van der Waals surface area contributed by atoms with Gasteiger partial charge in [-0.2, -0.15) is 0 Å². The van der Waals surface area contributed by atoms with Gasteiger partial charge in [0.05, 0.1) is 24.8 Å². The van der Waals surface area contributed by atoms with Crippen molar-refractivity contribution in [3.8, 4) is 0 Å². The molecule has 3 rings (SSSR count). The number of nitrogens with zero attached hydrogens (tertiary/aromatic N) is 5. The first-order chi connectivity index (χ1) is 12.1. The largest absolute Gasteiger partial charge is 0.515 e. The summed E-state index contributed by atoms with van der Waals surface area (Å²) in [7, 11) is 0. The third-order valence-corrected chi connectivity index (χ3v) is 3.75. The lowest BCUT2D eigenvalue weighted by atomic mass is 10.1. The van der Waals surface area contributed by atoms with Crippen LogP contribution in [0.25, 0.3) is 11.2 Å². The molecule has 0 saturated carbocycles. The number of aliphatic imine (C=N–C) groups is 1. The summed E-state index contributed by atoms with van der Waals surface area (Å²) in [4.78, 5) is 26.8. The molecule has 1 fully saturated rings. The normalized spacial score (nSPS) is 27.4. The Balaban J connectivity index is 1.98. The first-order valence-corrected chi connectivity index (χ1v) is 7.24. The van der Waals surface area contributed by atoms with Gasteiger partial charge in [-0.3, -0.25) is 9.36 Å². The van der Waals surface area contributed by atoms with Gasteiger partial charge in [-0.1, -0.05) is 0 Å². The molecule has 1 aliphatic heterocycles. The number of aliphatic hydroxyl groups is 4. The molecule has 2 aromatic heterocycles. The van der Waals surface area contributed by atoms with E-state index in [1.165, 1.54) is 17.2 Å². The third kappa shape index (κ3) is 3.00. The van der Waals surface area contributed by atoms with Crippen LogP contribution in [-0.4, -0.2) is 77.4 Å². The maximum atomic E-state index is 10.7. The number of aromatic nitrogens is 4. The van der Waals surface area contributed by atoms with E-state index in [0.717, 1.165) is 6.21 Å². The molecule has 0 bridgehead atoms. The van der Waals surface area contributed by atoms with Gasteiger partial charge in [0.15, 0.2) is 29.5 Å². The number of rotatable bonds is 5. The Kier molecular flexibility index (Phi) is 4.81. The van der Waals surface area contributed by atoms with E-state index in [-0.39, 0.29) is 22.6 Å². The minimum absolute atomic E-state index is 0.0605. The number of hydrogen-bond acceptors (Lipinski definition) is 10. The summed E-state index contributed by atoms with van der Waals surface area (Å²) in [6, 6.07) is 0. The molecule has 4 N–H and O–H groups in total. The highest BCUT2D eigenvalue weighted by Crippen LogP contribution is 2.32. The fourth-order valence-electron chi connectivity index (χ4n) is 2.46. The monoisotopic (exact) mass is 349 g/mol. The maximum Gasteiger partial charge on any atom is 0.183 e. The van der Waals surface area contributed by atoms with Crippen LogP contribution in [-0.2, 0) is 9.53 Å². The van der Waals surface area contributed by atoms with Crippen molar-refractivity contribution in [3.05, 3.63) is 24.5 Å². The Morgan fingerprint density at radius 3 is 2.76 bits per heavy atom. The van der Waals surface area contributed by atoms with E-state index in [4.69, 9.17) is 9.84 Å². The molecule has 3 heterocycles. The number of aliphatic hydroxyl groups excluding tert-OH is 4. The Morgan fingerprint density at radius 1 is 1.32 bits per heavy atom. The van der Waals surface area contributed by atoms with E-state index in [9.17, 15) is 20.1 Å². The van der Waals surface area contributed by atoms with Crippen LogP contribution in [0.1, 0.15) is 6.23 Å². The van der Waals surface area contributed by atoms with E-state index in [2.05, 4.69) is 19.9 Å². The molecule has 11 heteroatoms. The van der Waals surface area contributed by atoms with Gasteiger partial charge in [-0.15, -0.1) is 0 Å². The molecule has 11 nitrogen and oxygen atoms in total. The Bertz CT molecular complexity index is 834. The summed E-state index contributed by atoms with van der Waals surface area (Å²) < 4.78 is 6.84. The van der Waals surface area contributed by atoms with Gasteiger partial charge in [-0.05, 0) is 0 Å². The summed E-state index contributed by atoms with van der Waals surface area (Å²) in [6.45, 7) is -0.451. The van der Waals surface area contributed by atoms with Crippen LogP contribution in [0.15, 0.2) is 29.5 Å². The van der Waals surface area contributed by atoms with E-state index in [1.54, 1.807) is 0 Å². The number of carbonyl (C=O) groups excluding carboxylic acids is 1. The van der Waals surface area contributed by atoms with E-state index >= 15 is 0 Å². The van der Waals surface area contributed by atoms with Crippen LogP contribution in [0, 0.1) is 0 Å². The van der Waals surface area contributed by atoms with Crippen molar-refractivity contribution >= 4 is 29.5 Å². The van der Waals surface area contributed by atoms with Crippen molar-refractivity contribution < 1.29 is 30.0 Å².